The van der Waals surface area contributed by atoms with Crippen LogP contribution in [0.25, 0.3) is 0 Å². The third kappa shape index (κ3) is 7.12. The number of rotatable bonds is 2. The third-order valence-corrected chi connectivity index (χ3v) is 0.917. The number of carbonyl (C=O) groups is 1. The number of esters is 1. The summed E-state index contributed by atoms with van der Waals surface area (Å²) in [5.74, 6) is -0.653. The Morgan fingerprint density at radius 1 is 1.60 bits per heavy atom. The summed E-state index contributed by atoms with van der Waals surface area (Å²) in [4.78, 5) is 9.98. The Balaban J connectivity index is 3.92. The summed E-state index contributed by atoms with van der Waals surface area (Å²) in [6.45, 7) is 1.11. The summed E-state index contributed by atoms with van der Waals surface area (Å²) >= 11 is 0. The topological polar surface area (TPSA) is 80.7 Å². The van der Waals surface area contributed by atoms with Gasteiger partial charge in [0.1, 0.15) is 6.26 Å². The summed E-state index contributed by atoms with van der Waals surface area (Å²) in [6, 6.07) is 0. The van der Waals surface area contributed by atoms with Crippen LogP contribution in [0.2, 0.25) is 0 Å². The van der Waals surface area contributed by atoms with Crippen molar-refractivity contribution in [3.63, 3.8) is 0 Å². The maximum absolute atomic E-state index is 9.98. The Bertz CT molecular complexity index is 236. The normalized spacial score (nSPS) is 11.8. The molecule has 5 nitrogen and oxygen atoms in total. The molecule has 0 aromatic rings. The zero-order valence-electron chi connectivity index (χ0n) is 5.14. The van der Waals surface area contributed by atoms with Gasteiger partial charge >= 0.3 is 5.97 Å². The first-order valence-corrected chi connectivity index (χ1v) is 3.73. The van der Waals surface area contributed by atoms with Crippen LogP contribution in [0.5, 0.6) is 0 Å². The van der Waals surface area contributed by atoms with Crippen molar-refractivity contribution >= 4 is 16.1 Å². The molecular weight excluding hydrogens is 160 g/mol. The molecular formula is C4H6O5S. The molecule has 0 rings (SSSR count). The van der Waals surface area contributed by atoms with E-state index in [1.165, 1.54) is 0 Å². The third-order valence-electron chi connectivity index (χ3n) is 0.462. The predicted molar refractivity (Wildman–Crippen MR) is 32.5 cm³/mol. The fourth-order valence-electron chi connectivity index (χ4n) is 0.194. The fourth-order valence-corrected chi connectivity index (χ4v) is 0.390. The van der Waals surface area contributed by atoms with Gasteiger partial charge in [0.25, 0.3) is 10.1 Å². The van der Waals surface area contributed by atoms with E-state index >= 15 is 0 Å². The van der Waals surface area contributed by atoms with Crippen molar-refractivity contribution in [2.24, 2.45) is 0 Å². The molecule has 0 aliphatic heterocycles. The number of carbonyl (C=O) groups excluding carboxylic acids is 1. The molecule has 58 valence electrons. The molecule has 0 bridgehead atoms. The van der Waals surface area contributed by atoms with Crippen LogP contribution in [0.15, 0.2) is 11.7 Å². The largest absolute Gasteiger partial charge is 0.434 e. The highest BCUT2D eigenvalue weighted by molar-refractivity contribution is 7.88. The highest BCUT2D eigenvalue weighted by Crippen LogP contribution is 1.85. The maximum Gasteiger partial charge on any atom is 0.307 e. The van der Waals surface area contributed by atoms with Gasteiger partial charge in [-0.15, -0.1) is 0 Å². The minimum Gasteiger partial charge on any atom is -0.434 e. The Morgan fingerprint density at radius 2 is 2.10 bits per heavy atom. The molecule has 0 aromatic carbocycles. The van der Waals surface area contributed by atoms with Gasteiger partial charge in [0.2, 0.25) is 0 Å². The second-order valence-corrected chi connectivity index (χ2v) is 2.70. The molecule has 6 heteroatoms. The molecule has 0 amide bonds. The molecule has 0 aromatic heterocycles. The van der Waals surface area contributed by atoms with Gasteiger partial charge in [-0.05, 0) is 0 Å². The number of hydrogen-bond acceptors (Lipinski definition) is 4. The molecule has 0 unspecified atom stereocenters. The van der Waals surface area contributed by atoms with Crippen molar-refractivity contribution in [1.82, 2.24) is 0 Å². The zero-order valence-corrected chi connectivity index (χ0v) is 5.96. The van der Waals surface area contributed by atoms with Crippen LogP contribution >= 0.6 is 0 Å². The molecule has 0 saturated carbocycles. The first kappa shape index (κ1) is 9.12. The van der Waals surface area contributed by atoms with Gasteiger partial charge in [0.05, 0.1) is 5.41 Å². The predicted octanol–water partition coefficient (Wildman–Crippen LogP) is -0.0915. The van der Waals surface area contributed by atoms with Crippen LogP contribution in [0, 0.1) is 0 Å². The molecule has 0 radical (unpaired) electrons. The molecule has 0 heterocycles. The average Bonchev–Trinajstić information content (AvgIpc) is 1.59. The van der Waals surface area contributed by atoms with E-state index in [0.717, 1.165) is 6.92 Å². The van der Waals surface area contributed by atoms with Crippen LogP contribution < -0.4 is 0 Å². The fraction of sp³-hybridized carbons (Fsp3) is 0.250. The van der Waals surface area contributed by atoms with Crippen molar-refractivity contribution in [2.75, 3.05) is 0 Å². The van der Waals surface area contributed by atoms with E-state index in [2.05, 4.69) is 4.74 Å². The van der Waals surface area contributed by atoms with Gasteiger partial charge in [-0.25, -0.2) is 0 Å². The molecule has 0 spiro atoms. The molecule has 0 saturated heterocycles. The lowest BCUT2D eigenvalue weighted by atomic mass is 10.8. The molecule has 0 aliphatic rings. The van der Waals surface area contributed by atoms with E-state index in [0.29, 0.717) is 11.7 Å². The number of ether oxygens (including phenoxy) is 1. The van der Waals surface area contributed by atoms with E-state index in [4.69, 9.17) is 4.55 Å². The van der Waals surface area contributed by atoms with Crippen molar-refractivity contribution in [1.29, 1.82) is 0 Å². The lowest BCUT2D eigenvalue weighted by molar-refractivity contribution is -0.135. The van der Waals surface area contributed by atoms with Crippen LogP contribution in [-0.4, -0.2) is 18.9 Å². The first-order chi connectivity index (χ1) is 4.42. The molecule has 1 N–H and O–H groups in total. The van der Waals surface area contributed by atoms with Gasteiger partial charge < -0.3 is 4.74 Å². The lowest BCUT2D eigenvalue weighted by Crippen LogP contribution is -1.93. The summed E-state index contributed by atoms with van der Waals surface area (Å²) < 4.78 is 31.9. The Labute approximate surface area is 58.0 Å². The molecule has 0 atom stereocenters. The SMILES string of the molecule is CC(=O)OC=CS(=O)(=O)O. The van der Waals surface area contributed by atoms with Crippen LogP contribution in [0.3, 0.4) is 0 Å². The van der Waals surface area contributed by atoms with E-state index in [-0.39, 0.29) is 0 Å². The minimum absolute atomic E-state index is 0.369. The standard InChI is InChI=1S/C4H6O5S/c1-4(5)9-2-3-10(6,7)8/h2-3H,1H3,(H,6,7,8). The highest BCUT2D eigenvalue weighted by atomic mass is 32.2. The molecule has 10 heavy (non-hydrogen) atoms. The van der Waals surface area contributed by atoms with Gasteiger partial charge in [-0.1, -0.05) is 0 Å². The Hall–Kier alpha value is -0.880. The van der Waals surface area contributed by atoms with Crippen LogP contribution in [-0.2, 0) is 19.6 Å². The average molecular weight is 166 g/mol. The second kappa shape index (κ2) is 3.33. The molecule has 0 aliphatic carbocycles. The smallest absolute Gasteiger partial charge is 0.307 e. The second-order valence-electron chi connectivity index (χ2n) is 1.40. The van der Waals surface area contributed by atoms with E-state index < -0.39 is 16.1 Å². The van der Waals surface area contributed by atoms with E-state index in [1.54, 1.807) is 0 Å². The van der Waals surface area contributed by atoms with Crippen molar-refractivity contribution in [3.05, 3.63) is 11.7 Å². The van der Waals surface area contributed by atoms with E-state index in [9.17, 15) is 13.2 Å². The van der Waals surface area contributed by atoms with Gasteiger partial charge in [0, 0.05) is 6.92 Å². The molecule has 0 fully saturated rings. The van der Waals surface area contributed by atoms with Crippen molar-refractivity contribution in [3.8, 4) is 0 Å². The summed E-state index contributed by atoms with van der Waals surface area (Å²) in [7, 11) is -4.18. The van der Waals surface area contributed by atoms with Crippen LogP contribution in [0.4, 0.5) is 0 Å². The minimum atomic E-state index is -4.18. The van der Waals surface area contributed by atoms with Gasteiger partial charge in [-0.3, -0.25) is 9.35 Å². The Kier molecular flexibility index (Phi) is 3.04. The maximum atomic E-state index is 9.98. The monoisotopic (exact) mass is 166 g/mol. The number of hydrogen-bond donors (Lipinski definition) is 1. The lowest BCUT2D eigenvalue weighted by Gasteiger charge is -1.87. The van der Waals surface area contributed by atoms with Gasteiger partial charge in [-0.2, -0.15) is 8.42 Å². The summed E-state index contributed by atoms with van der Waals surface area (Å²) in [6.07, 6.45) is 0.595. The highest BCUT2D eigenvalue weighted by Gasteiger charge is 1.95. The van der Waals surface area contributed by atoms with E-state index in [1.807, 2.05) is 0 Å². The Morgan fingerprint density at radius 3 is 2.40 bits per heavy atom. The summed E-state index contributed by atoms with van der Waals surface area (Å²) in [5, 5.41) is 0.369. The first-order valence-electron chi connectivity index (χ1n) is 2.23. The van der Waals surface area contributed by atoms with Gasteiger partial charge in [0.15, 0.2) is 0 Å². The van der Waals surface area contributed by atoms with Crippen molar-refractivity contribution < 1.29 is 22.5 Å². The van der Waals surface area contributed by atoms with Crippen molar-refractivity contribution in [2.45, 2.75) is 6.92 Å². The zero-order chi connectivity index (χ0) is 8.20. The summed E-state index contributed by atoms with van der Waals surface area (Å²) in [5.41, 5.74) is 0. The van der Waals surface area contributed by atoms with Crippen LogP contribution in [0.1, 0.15) is 6.92 Å². The quantitative estimate of drug-likeness (QED) is 0.352.